The highest BCUT2D eigenvalue weighted by Crippen LogP contribution is 2.39. The number of nitrogens with one attached hydrogen (secondary N) is 1. The Hall–Kier alpha value is -4.07. The Morgan fingerprint density at radius 3 is 2.50 bits per heavy atom. The lowest BCUT2D eigenvalue weighted by molar-refractivity contribution is 0.0741. The van der Waals surface area contributed by atoms with Crippen LogP contribution in [-0.2, 0) is 0 Å². The molecular weight excluding hydrogens is 483 g/mol. The largest absolute Gasteiger partial charge is 0.493 e. The Morgan fingerprint density at radius 2 is 1.79 bits per heavy atom. The summed E-state index contributed by atoms with van der Waals surface area (Å²) in [5.74, 6) is 1.71. The zero-order valence-electron chi connectivity index (χ0n) is 22.3. The molecule has 0 spiro atoms. The summed E-state index contributed by atoms with van der Waals surface area (Å²) in [5.41, 5.74) is 3.03. The van der Waals surface area contributed by atoms with E-state index in [2.05, 4.69) is 14.9 Å². The average molecular weight is 517 g/mol. The number of carbonyl (C=O) groups excluding carboxylic acids is 1. The van der Waals surface area contributed by atoms with E-state index in [9.17, 15) is 4.79 Å². The van der Waals surface area contributed by atoms with E-state index in [0.29, 0.717) is 60.7 Å². The van der Waals surface area contributed by atoms with Gasteiger partial charge in [-0.05, 0) is 54.3 Å². The molecule has 0 aliphatic carbocycles. The Balaban J connectivity index is 1.48. The van der Waals surface area contributed by atoms with E-state index >= 15 is 4.39 Å². The number of amides is 1. The van der Waals surface area contributed by atoms with Crippen LogP contribution in [0.5, 0.6) is 11.5 Å². The minimum Gasteiger partial charge on any atom is -0.493 e. The summed E-state index contributed by atoms with van der Waals surface area (Å²) in [6, 6.07) is 15.1. The van der Waals surface area contributed by atoms with Crippen LogP contribution in [0.3, 0.4) is 0 Å². The fourth-order valence-corrected chi connectivity index (χ4v) is 5.08. The highest BCUT2D eigenvalue weighted by molar-refractivity contribution is 6.04. The molecule has 4 aromatic rings. The number of aromatic nitrogens is 2. The Bertz CT molecular complexity index is 1460. The summed E-state index contributed by atoms with van der Waals surface area (Å²) in [5, 5.41) is 0.666. The van der Waals surface area contributed by atoms with Crippen LogP contribution in [0.15, 0.2) is 54.7 Å². The topological polar surface area (TPSA) is 70.7 Å². The summed E-state index contributed by atoms with van der Waals surface area (Å²) in [6.45, 7) is 8.68. The number of nitrogens with zero attached hydrogens (tertiary/aromatic N) is 3. The van der Waals surface area contributed by atoms with Gasteiger partial charge in [-0.1, -0.05) is 32.0 Å². The summed E-state index contributed by atoms with van der Waals surface area (Å²) >= 11 is 0. The monoisotopic (exact) mass is 516 g/mol. The predicted molar refractivity (Wildman–Crippen MR) is 148 cm³/mol. The van der Waals surface area contributed by atoms with Crippen LogP contribution in [0.25, 0.3) is 22.0 Å². The fourth-order valence-electron chi connectivity index (χ4n) is 5.08. The highest BCUT2D eigenvalue weighted by Gasteiger charge is 2.27. The van der Waals surface area contributed by atoms with Crippen molar-refractivity contribution in [2.75, 3.05) is 44.8 Å². The zero-order chi connectivity index (χ0) is 26.8. The van der Waals surface area contributed by atoms with Gasteiger partial charge in [0.1, 0.15) is 11.4 Å². The second kappa shape index (κ2) is 10.7. The number of fused-ring (bicyclic) bond motifs is 1. The number of anilines is 1. The minimum absolute atomic E-state index is 0.0310. The molecule has 0 atom stereocenters. The van der Waals surface area contributed by atoms with Crippen LogP contribution in [-0.4, -0.2) is 60.7 Å². The van der Waals surface area contributed by atoms with Crippen molar-refractivity contribution in [1.29, 1.82) is 0 Å². The van der Waals surface area contributed by atoms with Gasteiger partial charge in [0.2, 0.25) is 0 Å². The molecule has 0 unspecified atom stereocenters. The zero-order valence-corrected chi connectivity index (χ0v) is 22.3. The molecule has 0 bridgehead atoms. The van der Waals surface area contributed by atoms with E-state index in [0.717, 1.165) is 22.7 Å². The van der Waals surface area contributed by atoms with Gasteiger partial charge in [-0.2, -0.15) is 0 Å². The molecule has 0 saturated carbocycles. The fraction of sp³-hybridized carbons (Fsp3) is 0.333. The number of piperazine rings is 1. The van der Waals surface area contributed by atoms with E-state index in [1.807, 2.05) is 63.2 Å². The second-order valence-electron chi connectivity index (χ2n) is 9.69. The number of H-pyrrole nitrogens is 1. The number of rotatable bonds is 7. The number of pyridine rings is 1. The van der Waals surface area contributed by atoms with Gasteiger partial charge in [0.15, 0.2) is 17.4 Å². The van der Waals surface area contributed by atoms with E-state index in [1.165, 1.54) is 0 Å². The lowest BCUT2D eigenvalue weighted by Gasteiger charge is -2.35. The first-order chi connectivity index (χ1) is 18.4. The molecule has 198 valence electrons. The molecule has 2 aromatic carbocycles. The SMILES string of the molecule is CCOc1ccccc1-c1cc(C(C)C)c(F)c2[nH]c(C(=O)N3CCN(c4ncccc4OC)CC3)cc12. The second-order valence-corrected chi connectivity index (χ2v) is 9.69. The molecule has 38 heavy (non-hydrogen) atoms. The summed E-state index contributed by atoms with van der Waals surface area (Å²) < 4.78 is 27.0. The molecule has 1 aliphatic heterocycles. The number of halogens is 1. The number of benzene rings is 2. The Morgan fingerprint density at radius 1 is 1.05 bits per heavy atom. The molecule has 1 N–H and O–H groups in total. The predicted octanol–water partition coefficient (Wildman–Crippen LogP) is 5.86. The lowest BCUT2D eigenvalue weighted by atomic mass is 9.93. The first kappa shape index (κ1) is 25.6. The number of ether oxygens (including phenoxy) is 2. The lowest BCUT2D eigenvalue weighted by Crippen LogP contribution is -2.49. The van der Waals surface area contributed by atoms with Gasteiger partial charge in [-0.15, -0.1) is 0 Å². The van der Waals surface area contributed by atoms with Gasteiger partial charge >= 0.3 is 0 Å². The molecule has 8 heteroatoms. The van der Waals surface area contributed by atoms with Crippen molar-refractivity contribution in [3.8, 4) is 22.6 Å². The van der Waals surface area contributed by atoms with Gasteiger partial charge < -0.3 is 24.3 Å². The number of carbonyl (C=O) groups is 1. The highest BCUT2D eigenvalue weighted by atomic mass is 19.1. The molecular formula is C30H33FN4O3. The van der Waals surface area contributed by atoms with E-state index in [1.54, 1.807) is 24.3 Å². The maximum atomic E-state index is 15.7. The van der Waals surface area contributed by atoms with Crippen LogP contribution in [0.2, 0.25) is 0 Å². The van der Waals surface area contributed by atoms with Crippen molar-refractivity contribution in [2.45, 2.75) is 26.7 Å². The quantitative estimate of drug-likeness (QED) is 0.333. The molecule has 0 radical (unpaired) electrons. The van der Waals surface area contributed by atoms with Crippen LogP contribution in [0.4, 0.5) is 10.2 Å². The van der Waals surface area contributed by atoms with E-state index in [4.69, 9.17) is 9.47 Å². The summed E-state index contributed by atoms with van der Waals surface area (Å²) in [4.78, 5) is 25.1. The molecule has 7 nitrogen and oxygen atoms in total. The molecule has 1 saturated heterocycles. The van der Waals surface area contributed by atoms with Crippen molar-refractivity contribution in [2.24, 2.45) is 0 Å². The van der Waals surface area contributed by atoms with Crippen LogP contribution in [0.1, 0.15) is 42.7 Å². The molecule has 2 aromatic heterocycles. The number of methoxy groups -OCH3 is 1. The number of para-hydroxylation sites is 1. The van der Waals surface area contributed by atoms with Gasteiger partial charge in [-0.3, -0.25) is 4.79 Å². The molecule has 5 rings (SSSR count). The minimum atomic E-state index is -0.321. The smallest absolute Gasteiger partial charge is 0.270 e. The van der Waals surface area contributed by atoms with Gasteiger partial charge in [0.25, 0.3) is 5.91 Å². The van der Waals surface area contributed by atoms with Gasteiger partial charge in [0, 0.05) is 43.3 Å². The third-order valence-corrected chi connectivity index (χ3v) is 7.05. The number of aromatic amines is 1. The number of hydrogen-bond acceptors (Lipinski definition) is 5. The van der Waals surface area contributed by atoms with Crippen molar-refractivity contribution in [3.63, 3.8) is 0 Å². The van der Waals surface area contributed by atoms with Crippen LogP contribution in [0, 0.1) is 5.82 Å². The van der Waals surface area contributed by atoms with E-state index in [-0.39, 0.29) is 17.6 Å². The van der Waals surface area contributed by atoms with Gasteiger partial charge in [0.05, 0.1) is 19.2 Å². The van der Waals surface area contributed by atoms with E-state index < -0.39 is 0 Å². The maximum absolute atomic E-state index is 15.7. The molecule has 1 fully saturated rings. The van der Waals surface area contributed by atoms with Crippen molar-refractivity contribution in [1.82, 2.24) is 14.9 Å². The third-order valence-electron chi connectivity index (χ3n) is 7.05. The molecule has 1 aliphatic rings. The third kappa shape index (κ3) is 4.66. The molecule has 3 heterocycles. The number of hydrogen-bond donors (Lipinski definition) is 1. The molecule has 1 amide bonds. The normalized spacial score (nSPS) is 13.8. The van der Waals surface area contributed by atoms with Crippen molar-refractivity contribution < 1.29 is 18.7 Å². The average Bonchev–Trinajstić information content (AvgIpc) is 3.40. The summed E-state index contributed by atoms with van der Waals surface area (Å²) in [7, 11) is 1.63. The standard InChI is InChI=1S/C30H33FN4O3/c1-5-38-25-10-7-6-9-20(25)22-17-21(19(2)3)27(31)28-23(22)18-24(33-28)30(36)35-15-13-34(14-16-35)29-26(37-4)11-8-12-32-29/h6-12,17-19,33H,5,13-16H2,1-4H3. The van der Waals surface area contributed by atoms with Crippen LogP contribution < -0.4 is 14.4 Å². The first-order valence-electron chi connectivity index (χ1n) is 13.0. The first-order valence-corrected chi connectivity index (χ1v) is 13.0. The maximum Gasteiger partial charge on any atom is 0.270 e. The van der Waals surface area contributed by atoms with Gasteiger partial charge in [-0.25, -0.2) is 9.37 Å². The Labute approximate surface area is 222 Å². The summed E-state index contributed by atoms with van der Waals surface area (Å²) in [6.07, 6.45) is 1.74. The Kier molecular flexibility index (Phi) is 7.22. The van der Waals surface area contributed by atoms with Crippen molar-refractivity contribution in [3.05, 3.63) is 71.8 Å². The van der Waals surface area contributed by atoms with Crippen LogP contribution >= 0.6 is 0 Å². The van der Waals surface area contributed by atoms with Crippen molar-refractivity contribution >= 4 is 22.6 Å².